The maximum absolute atomic E-state index is 12.5. The van der Waals surface area contributed by atoms with Crippen molar-refractivity contribution in [1.82, 2.24) is 0 Å². The highest BCUT2D eigenvalue weighted by Crippen LogP contribution is 2.68. The molecule has 0 radical (unpaired) electrons. The second-order valence-electron chi connectivity index (χ2n) is 11.0. The Kier molecular flexibility index (Phi) is 3.91. The minimum absolute atomic E-state index is 0.0893. The number of hydrogen-bond acceptors (Lipinski definition) is 3. The average Bonchev–Trinajstić information content (AvgIpc) is 2.80. The van der Waals surface area contributed by atoms with Crippen LogP contribution >= 0.6 is 0 Å². The average molecular weight is 361 g/mol. The molecular weight excluding hydrogens is 324 g/mol. The predicted molar refractivity (Wildman–Crippen MR) is 103 cm³/mol. The number of aliphatic hydroxyl groups is 2. The van der Waals surface area contributed by atoms with Crippen LogP contribution in [0.2, 0.25) is 0 Å². The van der Waals surface area contributed by atoms with E-state index < -0.39 is 11.7 Å². The number of ketones is 1. The molecule has 26 heavy (non-hydrogen) atoms. The van der Waals surface area contributed by atoms with E-state index in [4.69, 9.17) is 0 Å². The van der Waals surface area contributed by atoms with E-state index in [1.165, 1.54) is 5.57 Å². The Balaban J connectivity index is 1.76. The van der Waals surface area contributed by atoms with E-state index in [0.717, 1.165) is 38.5 Å². The number of allylic oxidation sites excluding steroid dienone is 1. The van der Waals surface area contributed by atoms with Gasteiger partial charge in [0.25, 0.3) is 0 Å². The molecule has 0 aliphatic heterocycles. The molecule has 0 unspecified atom stereocenters. The fourth-order valence-electron chi connectivity index (χ4n) is 7.98. The second kappa shape index (κ2) is 5.44. The summed E-state index contributed by atoms with van der Waals surface area (Å²) < 4.78 is 0. The molecule has 3 heteroatoms. The molecule has 3 fully saturated rings. The van der Waals surface area contributed by atoms with Crippen LogP contribution in [0.5, 0.6) is 0 Å². The van der Waals surface area contributed by atoms with Crippen LogP contribution in [-0.4, -0.2) is 27.7 Å². The lowest BCUT2D eigenvalue weighted by molar-refractivity contribution is -0.175. The molecule has 146 valence electrons. The zero-order valence-corrected chi connectivity index (χ0v) is 17.1. The van der Waals surface area contributed by atoms with E-state index >= 15 is 0 Å². The minimum atomic E-state index is -0.636. The van der Waals surface area contributed by atoms with Crippen molar-refractivity contribution in [1.29, 1.82) is 0 Å². The Morgan fingerprint density at radius 3 is 2.54 bits per heavy atom. The van der Waals surface area contributed by atoms with Gasteiger partial charge in [0.05, 0.1) is 11.7 Å². The maximum Gasteiger partial charge on any atom is 0.161 e. The van der Waals surface area contributed by atoms with Crippen molar-refractivity contribution in [2.75, 3.05) is 0 Å². The number of hydrogen-bond donors (Lipinski definition) is 2. The van der Waals surface area contributed by atoms with Crippen molar-refractivity contribution in [3.63, 3.8) is 0 Å². The van der Waals surface area contributed by atoms with Crippen molar-refractivity contribution >= 4 is 5.78 Å². The predicted octanol–water partition coefficient (Wildman–Crippen LogP) is 4.27. The Morgan fingerprint density at radius 1 is 1.19 bits per heavy atom. The molecular formula is C23H36O3. The third-order valence-electron chi connectivity index (χ3n) is 9.36. The molecule has 4 rings (SSSR count). The first-order valence-electron chi connectivity index (χ1n) is 10.6. The van der Waals surface area contributed by atoms with Crippen LogP contribution in [0.1, 0.15) is 79.6 Å². The van der Waals surface area contributed by atoms with Gasteiger partial charge in [-0.2, -0.15) is 0 Å². The summed E-state index contributed by atoms with van der Waals surface area (Å²) in [6.07, 6.45) is 7.79. The molecule has 4 aliphatic carbocycles. The normalized spacial score (nSPS) is 52.7. The Morgan fingerprint density at radius 2 is 1.88 bits per heavy atom. The van der Waals surface area contributed by atoms with Crippen LogP contribution in [0.15, 0.2) is 11.6 Å². The molecule has 3 saturated carbocycles. The smallest absolute Gasteiger partial charge is 0.161 e. The largest absolute Gasteiger partial charge is 0.393 e. The summed E-state index contributed by atoms with van der Waals surface area (Å²) >= 11 is 0. The minimum Gasteiger partial charge on any atom is -0.393 e. The Hall–Kier alpha value is -0.670. The molecule has 2 N–H and O–H groups in total. The number of carbonyl (C=O) groups excluding carboxylic acids is 1. The van der Waals surface area contributed by atoms with Gasteiger partial charge in [-0.15, -0.1) is 0 Å². The highest BCUT2D eigenvalue weighted by atomic mass is 16.3. The van der Waals surface area contributed by atoms with Crippen LogP contribution in [-0.2, 0) is 4.79 Å². The zero-order chi connectivity index (χ0) is 19.1. The zero-order valence-electron chi connectivity index (χ0n) is 17.1. The molecule has 0 bridgehead atoms. The SMILES string of the molecule is CC[C@]1(O)CC[C@H]2[C@@H]3CCC4=CC(=O)C(C)(C)C[C@]4(C)[C@H]3[C@H](O)C[C@@]21C. The molecule has 0 aromatic rings. The lowest BCUT2D eigenvalue weighted by Gasteiger charge is -2.62. The van der Waals surface area contributed by atoms with E-state index in [2.05, 4.69) is 34.6 Å². The molecule has 0 spiro atoms. The summed E-state index contributed by atoms with van der Waals surface area (Å²) in [6.45, 7) is 10.7. The highest BCUT2D eigenvalue weighted by molar-refractivity contribution is 5.96. The molecule has 0 aromatic carbocycles. The van der Waals surface area contributed by atoms with E-state index in [9.17, 15) is 15.0 Å². The van der Waals surface area contributed by atoms with Crippen molar-refractivity contribution in [2.24, 2.45) is 34.0 Å². The third-order valence-corrected chi connectivity index (χ3v) is 9.36. The van der Waals surface area contributed by atoms with Gasteiger partial charge in [-0.1, -0.05) is 40.2 Å². The van der Waals surface area contributed by atoms with Crippen LogP contribution in [0.4, 0.5) is 0 Å². The highest BCUT2D eigenvalue weighted by Gasteiger charge is 2.66. The summed E-state index contributed by atoms with van der Waals surface area (Å²) in [6, 6.07) is 0. The van der Waals surface area contributed by atoms with Gasteiger partial charge < -0.3 is 10.2 Å². The van der Waals surface area contributed by atoms with Gasteiger partial charge in [0, 0.05) is 10.8 Å². The van der Waals surface area contributed by atoms with E-state index in [1.807, 2.05) is 6.08 Å². The second-order valence-corrected chi connectivity index (χ2v) is 11.0. The lowest BCUT2D eigenvalue weighted by Crippen LogP contribution is -2.60. The van der Waals surface area contributed by atoms with E-state index in [0.29, 0.717) is 18.3 Å². The first-order chi connectivity index (χ1) is 12.0. The monoisotopic (exact) mass is 360 g/mol. The van der Waals surface area contributed by atoms with Gasteiger partial charge in [0.15, 0.2) is 5.78 Å². The van der Waals surface area contributed by atoms with Gasteiger partial charge in [0.1, 0.15) is 0 Å². The molecule has 0 amide bonds. The summed E-state index contributed by atoms with van der Waals surface area (Å²) in [5, 5.41) is 22.7. The molecule has 7 atom stereocenters. The van der Waals surface area contributed by atoms with Gasteiger partial charge in [-0.25, -0.2) is 0 Å². The quantitative estimate of drug-likeness (QED) is 0.734. The van der Waals surface area contributed by atoms with Gasteiger partial charge in [0.2, 0.25) is 0 Å². The molecule has 3 nitrogen and oxygen atoms in total. The Bertz CT molecular complexity index is 664. The summed E-state index contributed by atoms with van der Waals surface area (Å²) in [7, 11) is 0. The molecule has 0 heterocycles. The number of carbonyl (C=O) groups is 1. The lowest BCUT2D eigenvalue weighted by atomic mass is 9.44. The van der Waals surface area contributed by atoms with Crippen molar-refractivity contribution in [3.8, 4) is 0 Å². The molecule has 0 saturated heterocycles. The van der Waals surface area contributed by atoms with Gasteiger partial charge in [-0.3, -0.25) is 4.79 Å². The summed E-state index contributed by atoms with van der Waals surface area (Å²) in [4.78, 5) is 12.5. The van der Waals surface area contributed by atoms with Crippen LogP contribution in [0.25, 0.3) is 0 Å². The van der Waals surface area contributed by atoms with Crippen LogP contribution in [0, 0.1) is 34.0 Å². The van der Waals surface area contributed by atoms with Crippen molar-refractivity contribution in [3.05, 3.63) is 11.6 Å². The maximum atomic E-state index is 12.5. The van der Waals surface area contributed by atoms with Crippen LogP contribution < -0.4 is 0 Å². The Labute approximate surface area is 158 Å². The van der Waals surface area contributed by atoms with Gasteiger partial charge >= 0.3 is 0 Å². The first kappa shape index (κ1) is 18.7. The number of aliphatic hydroxyl groups excluding tert-OH is 1. The molecule has 0 aromatic heterocycles. The number of rotatable bonds is 1. The fourth-order valence-corrected chi connectivity index (χ4v) is 7.98. The van der Waals surface area contributed by atoms with Crippen molar-refractivity contribution < 1.29 is 15.0 Å². The summed E-state index contributed by atoms with van der Waals surface area (Å²) in [5.74, 6) is 1.40. The molecule has 4 aliphatic rings. The summed E-state index contributed by atoms with van der Waals surface area (Å²) in [5.41, 5.74) is 0.0195. The topological polar surface area (TPSA) is 57.5 Å². The van der Waals surface area contributed by atoms with Crippen molar-refractivity contribution in [2.45, 2.75) is 91.3 Å². The standard InChI is InChI=1S/C23H36O3/c1-6-23(26)10-9-16-15-8-7-14-11-18(25)20(2,3)13-21(14,4)19(15)17(24)12-22(16,23)5/h11,15-17,19,24,26H,6-10,12-13H2,1-5H3/t15-,16-,17+,19+,21-,22-,23-/m0/s1. The third kappa shape index (κ3) is 2.16. The van der Waals surface area contributed by atoms with Gasteiger partial charge in [-0.05, 0) is 74.2 Å². The van der Waals surface area contributed by atoms with E-state index in [1.54, 1.807) is 0 Å². The first-order valence-corrected chi connectivity index (χ1v) is 10.6. The van der Waals surface area contributed by atoms with Crippen LogP contribution in [0.3, 0.4) is 0 Å². The van der Waals surface area contributed by atoms with E-state index in [-0.39, 0.29) is 27.9 Å². The number of fused-ring (bicyclic) bond motifs is 5. The fraction of sp³-hybridized carbons (Fsp3) is 0.870.